The fourth-order valence-corrected chi connectivity index (χ4v) is 6.15. The van der Waals surface area contributed by atoms with E-state index in [1.807, 2.05) is 25.1 Å². The van der Waals surface area contributed by atoms with Crippen LogP contribution in [0, 0.1) is 11.8 Å². The highest BCUT2D eigenvalue weighted by Crippen LogP contribution is 2.52. The van der Waals surface area contributed by atoms with E-state index in [2.05, 4.69) is 4.90 Å². The Hall–Kier alpha value is -3.43. The molecule has 0 spiro atoms. The Balaban J connectivity index is 1.63. The van der Waals surface area contributed by atoms with E-state index in [0.29, 0.717) is 30.5 Å². The standard InChI is InChI=1S/C26H28N2O7/c1-2-12-7-14(11-28-5-3-4-6-28)21(30)19-16(12)9-13-8-15-10-17(29)20(25(27)34)24(33)26(15,35)23(32)18(13)22(19)31/h3-4,7,13,15,29-30,32,35H,2,5-6,8-11H2,1H3,(H2,27,34)/t13-,15+,26+/m1/s1. The number of nitrogens with zero attached hydrogens (tertiary/aromatic N) is 1. The molecule has 1 aromatic rings. The van der Waals surface area contributed by atoms with Gasteiger partial charge in [0.1, 0.15) is 22.8 Å². The first-order valence-electron chi connectivity index (χ1n) is 11.8. The van der Waals surface area contributed by atoms with Crippen LogP contribution < -0.4 is 5.73 Å². The smallest absolute Gasteiger partial charge is 0.255 e. The molecule has 0 aromatic heterocycles. The topological polar surface area (TPSA) is 161 Å². The number of rotatable bonds is 4. The van der Waals surface area contributed by atoms with Crippen molar-refractivity contribution in [2.24, 2.45) is 17.6 Å². The summed E-state index contributed by atoms with van der Waals surface area (Å²) in [5.74, 6) is -6.02. The van der Waals surface area contributed by atoms with Gasteiger partial charge in [-0.3, -0.25) is 19.3 Å². The van der Waals surface area contributed by atoms with Gasteiger partial charge in [-0.25, -0.2) is 0 Å². The molecule has 35 heavy (non-hydrogen) atoms. The molecule has 0 unspecified atom stereocenters. The number of phenols is 1. The Bertz CT molecular complexity index is 1270. The Kier molecular flexibility index (Phi) is 5.37. The predicted octanol–water partition coefficient (Wildman–Crippen LogP) is 1.51. The van der Waals surface area contributed by atoms with Crippen molar-refractivity contribution < 1.29 is 34.8 Å². The molecule has 3 atom stereocenters. The zero-order valence-corrected chi connectivity index (χ0v) is 19.4. The Morgan fingerprint density at radius 3 is 2.46 bits per heavy atom. The number of carbonyl (C=O) groups excluding carboxylic acids is 3. The average molecular weight is 481 g/mol. The zero-order valence-electron chi connectivity index (χ0n) is 19.4. The first-order chi connectivity index (χ1) is 16.6. The number of benzene rings is 1. The quantitative estimate of drug-likeness (QED) is 0.320. The van der Waals surface area contributed by atoms with Gasteiger partial charge in [-0.05, 0) is 36.3 Å². The number of Topliss-reactive ketones (excluding diaryl/α,β-unsaturated/α-hetero) is 2. The first-order valence-corrected chi connectivity index (χ1v) is 11.8. The van der Waals surface area contributed by atoms with Gasteiger partial charge in [0, 0.05) is 43.1 Å². The maximum absolute atomic E-state index is 13.8. The van der Waals surface area contributed by atoms with Gasteiger partial charge >= 0.3 is 0 Å². The lowest BCUT2D eigenvalue weighted by atomic mass is 9.60. The van der Waals surface area contributed by atoms with Gasteiger partial charge in [0.15, 0.2) is 11.4 Å². The second-order valence-electron chi connectivity index (χ2n) is 9.83. The van der Waals surface area contributed by atoms with E-state index in [9.17, 15) is 34.8 Å². The van der Waals surface area contributed by atoms with Gasteiger partial charge in [0.2, 0.25) is 5.78 Å². The lowest BCUT2D eigenvalue weighted by molar-refractivity contribution is -0.144. The number of allylic oxidation sites excluding steroid dienone is 2. The summed E-state index contributed by atoms with van der Waals surface area (Å²) < 4.78 is 0. The molecule has 1 aromatic carbocycles. The Morgan fingerprint density at radius 1 is 1.14 bits per heavy atom. The average Bonchev–Trinajstić information content (AvgIpc) is 3.31. The van der Waals surface area contributed by atoms with Crippen molar-refractivity contribution in [1.29, 1.82) is 0 Å². The number of carbonyl (C=O) groups is 3. The molecule has 1 heterocycles. The third kappa shape index (κ3) is 3.25. The predicted molar refractivity (Wildman–Crippen MR) is 125 cm³/mol. The number of fused-ring (bicyclic) bond motifs is 3. The van der Waals surface area contributed by atoms with Crippen LogP contribution in [0.1, 0.15) is 46.8 Å². The number of hydrogen-bond acceptors (Lipinski definition) is 8. The van der Waals surface area contributed by atoms with Crippen molar-refractivity contribution in [2.45, 2.75) is 44.8 Å². The number of hydrogen-bond donors (Lipinski definition) is 5. The molecule has 9 nitrogen and oxygen atoms in total. The lowest BCUT2D eigenvalue weighted by Crippen LogP contribution is -2.57. The van der Waals surface area contributed by atoms with Crippen LogP contribution in [0.25, 0.3) is 0 Å². The molecule has 4 aliphatic rings. The summed E-state index contributed by atoms with van der Waals surface area (Å²) in [6.45, 7) is 3.88. The first kappa shape index (κ1) is 23.3. The molecule has 1 aliphatic heterocycles. The summed E-state index contributed by atoms with van der Waals surface area (Å²) in [7, 11) is 0. The third-order valence-corrected chi connectivity index (χ3v) is 7.90. The van der Waals surface area contributed by atoms with Crippen molar-refractivity contribution in [3.8, 4) is 5.75 Å². The summed E-state index contributed by atoms with van der Waals surface area (Å²) in [5, 5.41) is 43.9. The van der Waals surface area contributed by atoms with Gasteiger partial charge in [0.05, 0.1) is 5.56 Å². The largest absolute Gasteiger partial charge is 0.511 e. The molecule has 9 heteroatoms. The van der Waals surface area contributed by atoms with Crippen molar-refractivity contribution in [3.63, 3.8) is 0 Å². The molecule has 0 saturated carbocycles. The van der Waals surface area contributed by atoms with Gasteiger partial charge in [0.25, 0.3) is 5.91 Å². The zero-order chi connectivity index (χ0) is 25.2. The number of ketones is 2. The highest BCUT2D eigenvalue weighted by Gasteiger charge is 2.59. The summed E-state index contributed by atoms with van der Waals surface area (Å²) in [4.78, 5) is 40.7. The van der Waals surface area contributed by atoms with Gasteiger partial charge in [-0.15, -0.1) is 0 Å². The van der Waals surface area contributed by atoms with Gasteiger partial charge in [-0.1, -0.05) is 25.1 Å². The molecule has 1 amide bonds. The van der Waals surface area contributed by atoms with Crippen molar-refractivity contribution in [2.75, 3.05) is 13.1 Å². The Morgan fingerprint density at radius 2 is 1.83 bits per heavy atom. The molecule has 5 rings (SSSR count). The number of aliphatic hydroxyl groups excluding tert-OH is 2. The van der Waals surface area contributed by atoms with E-state index in [4.69, 9.17) is 5.73 Å². The number of nitrogens with two attached hydrogens (primary N) is 1. The maximum atomic E-state index is 13.8. The third-order valence-electron chi connectivity index (χ3n) is 7.90. The number of phenolic OH excluding ortho intramolecular Hbond substituents is 1. The second kappa shape index (κ2) is 8.07. The molecule has 0 saturated heterocycles. The normalized spacial score (nSPS) is 28.3. The highest BCUT2D eigenvalue weighted by molar-refractivity contribution is 6.24. The molecule has 184 valence electrons. The molecule has 6 N–H and O–H groups in total. The van der Waals surface area contributed by atoms with Crippen LogP contribution in [0.5, 0.6) is 5.75 Å². The summed E-state index contributed by atoms with van der Waals surface area (Å²) in [6, 6.07) is 1.92. The number of aliphatic hydroxyl groups is 3. The minimum atomic E-state index is -2.54. The molecule has 3 aliphatic carbocycles. The number of aryl methyl sites for hydroxylation is 1. The van der Waals surface area contributed by atoms with E-state index >= 15 is 0 Å². The molecular weight excluding hydrogens is 452 g/mol. The van der Waals surface area contributed by atoms with Crippen LogP contribution in [-0.4, -0.2) is 61.5 Å². The monoisotopic (exact) mass is 480 g/mol. The molecule has 0 bridgehead atoms. The number of primary amides is 1. The summed E-state index contributed by atoms with van der Waals surface area (Å²) in [6.07, 6.45) is 4.93. The van der Waals surface area contributed by atoms with Crippen LogP contribution in [0.15, 0.2) is 40.9 Å². The number of amides is 1. The second-order valence-corrected chi connectivity index (χ2v) is 9.83. The lowest BCUT2D eigenvalue weighted by Gasteiger charge is -2.45. The van der Waals surface area contributed by atoms with Crippen LogP contribution in [0.2, 0.25) is 0 Å². The molecule has 0 fully saturated rings. The van der Waals surface area contributed by atoms with Crippen LogP contribution in [-0.2, 0) is 29.0 Å². The van der Waals surface area contributed by atoms with Crippen molar-refractivity contribution in [1.82, 2.24) is 4.90 Å². The molecule has 0 radical (unpaired) electrons. The van der Waals surface area contributed by atoms with E-state index in [-0.39, 0.29) is 29.7 Å². The summed E-state index contributed by atoms with van der Waals surface area (Å²) >= 11 is 0. The fourth-order valence-electron chi connectivity index (χ4n) is 6.15. The van der Waals surface area contributed by atoms with E-state index in [1.165, 1.54) is 0 Å². The minimum Gasteiger partial charge on any atom is -0.511 e. The minimum absolute atomic E-state index is 0.0862. The highest BCUT2D eigenvalue weighted by atomic mass is 16.3. The Labute approximate surface area is 201 Å². The van der Waals surface area contributed by atoms with Gasteiger partial charge in [-0.2, -0.15) is 0 Å². The van der Waals surface area contributed by atoms with Crippen molar-refractivity contribution in [3.05, 3.63) is 63.1 Å². The van der Waals surface area contributed by atoms with Crippen LogP contribution in [0.3, 0.4) is 0 Å². The molecular formula is C26H28N2O7. The van der Waals surface area contributed by atoms with Crippen LogP contribution >= 0.6 is 0 Å². The maximum Gasteiger partial charge on any atom is 0.255 e. The number of aromatic hydroxyl groups is 1. The van der Waals surface area contributed by atoms with Crippen molar-refractivity contribution >= 4 is 17.5 Å². The van der Waals surface area contributed by atoms with E-state index < -0.39 is 52.0 Å². The summed E-state index contributed by atoms with van der Waals surface area (Å²) in [5.41, 5.74) is 4.10. The van der Waals surface area contributed by atoms with Gasteiger partial charge < -0.3 is 26.2 Å². The van der Waals surface area contributed by atoms with Crippen LogP contribution in [0.4, 0.5) is 0 Å². The van der Waals surface area contributed by atoms with E-state index in [0.717, 1.165) is 18.7 Å². The SMILES string of the molecule is CCc1cc(CN2CC=CC2)c(O)c2c1C[C@H]1C[C@H]3CC(O)=C(C(N)=O)C(=O)[C@@]3(O)C(O)=C1C2=O. The van der Waals surface area contributed by atoms with E-state index in [1.54, 1.807) is 0 Å². The fraction of sp³-hybridized carbons (Fsp3) is 0.423.